The SMILES string of the molecule is Cn1cnnc1CC(C)(C)c1cccc(NC(=O)c2cccn(CC(F)(F)F)c2=O)c1. The lowest BCUT2D eigenvalue weighted by molar-refractivity contribution is -0.141. The van der Waals surface area contributed by atoms with Crippen molar-refractivity contribution in [3.05, 3.63) is 76.2 Å². The first-order chi connectivity index (χ1) is 14.5. The molecule has 2 aromatic heterocycles. The minimum absolute atomic E-state index is 0.340. The first-order valence-corrected chi connectivity index (χ1v) is 9.47. The summed E-state index contributed by atoms with van der Waals surface area (Å²) in [4.78, 5) is 24.9. The molecule has 0 saturated heterocycles. The summed E-state index contributed by atoms with van der Waals surface area (Å²) in [5.74, 6) is 0.0266. The summed E-state index contributed by atoms with van der Waals surface area (Å²) in [6.45, 7) is 2.59. The molecule has 1 aromatic carbocycles. The van der Waals surface area contributed by atoms with Gasteiger partial charge in [-0.1, -0.05) is 26.0 Å². The number of halogens is 3. The molecule has 0 atom stereocenters. The van der Waals surface area contributed by atoms with Gasteiger partial charge in [0, 0.05) is 25.4 Å². The van der Waals surface area contributed by atoms with Crippen LogP contribution in [-0.4, -0.2) is 31.4 Å². The number of nitrogens with zero attached hydrogens (tertiary/aromatic N) is 4. The molecule has 0 aliphatic carbocycles. The Kier molecular flexibility index (Phi) is 6.01. The molecule has 3 aromatic rings. The van der Waals surface area contributed by atoms with Crippen LogP contribution >= 0.6 is 0 Å². The zero-order valence-corrected chi connectivity index (χ0v) is 17.3. The molecule has 2 heterocycles. The number of carbonyl (C=O) groups excluding carboxylic acids is 1. The van der Waals surface area contributed by atoms with Crippen molar-refractivity contribution in [2.24, 2.45) is 7.05 Å². The van der Waals surface area contributed by atoms with Gasteiger partial charge in [-0.05, 0) is 35.2 Å². The lowest BCUT2D eigenvalue weighted by Gasteiger charge is -2.25. The van der Waals surface area contributed by atoms with Gasteiger partial charge in [0.2, 0.25) is 0 Å². The molecule has 3 rings (SSSR count). The molecule has 10 heteroatoms. The molecule has 0 fully saturated rings. The zero-order valence-electron chi connectivity index (χ0n) is 17.3. The number of benzene rings is 1. The maximum absolute atomic E-state index is 12.6. The fraction of sp³-hybridized carbons (Fsp3) is 0.333. The van der Waals surface area contributed by atoms with Crippen LogP contribution in [0.15, 0.2) is 53.7 Å². The van der Waals surface area contributed by atoms with Crippen LogP contribution in [0.2, 0.25) is 0 Å². The smallest absolute Gasteiger partial charge is 0.322 e. The van der Waals surface area contributed by atoms with Gasteiger partial charge in [-0.15, -0.1) is 10.2 Å². The second kappa shape index (κ2) is 8.37. The summed E-state index contributed by atoms with van der Waals surface area (Å²) in [6.07, 6.45) is -1.35. The maximum atomic E-state index is 12.6. The Morgan fingerprint density at radius 3 is 2.55 bits per heavy atom. The van der Waals surface area contributed by atoms with E-state index in [2.05, 4.69) is 15.5 Å². The van der Waals surface area contributed by atoms with Gasteiger partial charge in [0.1, 0.15) is 24.3 Å². The molecule has 0 aliphatic rings. The fourth-order valence-corrected chi connectivity index (χ4v) is 3.21. The number of carbonyl (C=O) groups is 1. The molecule has 0 radical (unpaired) electrons. The van der Waals surface area contributed by atoms with Crippen LogP contribution in [0.3, 0.4) is 0 Å². The number of pyridine rings is 1. The highest BCUT2D eigenvalue weighted by molar-refractivity contribution is 6.04. The van der Waals surface area contributed by atoms with E-state index in [-0.39, 0.29) is 11.0 Å². The standard InChI is InChI=1S/C21H22F3N5O2/c1-20(2,11-17-27-25-13-28(17)3)14-6-4-7-15(10-14)26-18(30)16-8-5-9-29(19(16)31)12-21(22,23)24/h4-10,13H,11-12H2,1-3H3,(H,26,30). The van der Waals surface area contributed by atoms with E-state index in [0.29, 0.717) is 16.7 Å². The van der Waals surface area contributed by atoms with Crippen LogP contribution < -0.4 is 10.9 Å². The summed E-state index contributed by atoms with van der Waals surface area (Å²) >= 11 is 0. The number of hydrogen-bond acceptors (Lipinski definition) is 4. The molecule has 164 valence electrons. The Hall–Kier alpha value is -3.43. The van der Waals surface area contributed by atoms with Crippen molar-refractivity contribution in [2.75, 3.05) is 5.32 Å². The fourth-order valence-electron chi connectivity index (χ4n) is 3.21. The molecule has 31 heavy (non-hydrogen) atoms. The summed E-state index contributed by atoms with van der Waals surface area (Å²) in [7, 11) is 1.85. The monoisotopic (exact) mass is 433 g/mol. The second-order valence-corrected chi connectivity index (χ2v) is 7.92. The first-order valence-electron chi connectivity index (χ1n) is 9.47. The van der Waals surface area contributed by atoms with Gasteiger partial charge in [-0.3, -0.25) is 9.59 Å². The van der Waals surface area contributed by atoms with Gasteiger partial charge in [0.15, 0.2) is 0 Å². The van der Waals surface area contributed by atoms with Crippen molar-refractivity contribution in [2.45, 2.75) is 38.4 Å². The van der Waals surface area contributed by atoms with Crippen molar-refractivity contribution >= 4 is 11.6 Å². The number of hydrogen-bond donors (Lipinski definition) is 1. The van der Waals surface area contributed by atoms with Crippen LogP contribution in [-0.2, 0) is 25.4 Å². The van der Waals surface area contributed by atoms with Gasteiger partial charge in [-0.25, -0.2) is 0 Å². The number of rotatable bonds is 6. The summed E-state index contributed by atoms with van der Waals surface area (Å²) in [5, 5.41) is 10.6. The first kappa shape index (κ1) is 22.3. The van der Waals surface area contributed by atoms with Gasteiger partial charge >= 0.3 is 6.18 Å². The third-order valence-corrected chi connectivity index (χ3v) is 4.92. The minimum Gasteiger partial charge on any atom is -0.322 e. The van der Waals surface area contributed by atoms with Crippen LogP contribution in [0, 0.1) is 0 Å². The Balaban J connectivity index is 1.81. The minimum atomic E-state index is -4.57. The molecular formula is C21H22F3N5O2. The molecule has 0 unspecified atom stereocenters. The van der Waals surface area contributed by atoms with E-state index < -0.39 is 24.2 Å². The van der Waals surface area contributed by atoms with Crippen molar-refractivity contribution < 1.29 is 18.0 Å². The molecule has 1 N–H and O–H groups in total. The Labute approximate surface area is 176 Å². The number of alkyl halides is 3. The van der Waals surface area contributed by atoms with Crippen molar-refractivity contribution in [1.29, 1.82) is 0 Å². The van der Waals surface area contributed by atoms with Gasteiger partial charge in [0.05, 0.1) is 0 Å². The number of anilines is 1. The average molecular weight is 433 g/mol. The van der Waals surface area contributed by atoms with E-state index in [1.807, 2.05) is 31.5 Å². The topological polar surface area (TPSA) is 81.8 Å². The second-order valence-electron chi connectivity index (χ2n) is 7.92. The highest BCUT2D eigenvalue weighted by Gasteiger charge is 2.29. The largest absolute Gasteiger partial charge is 0.406 e. The van der Waals surface area contributed by atoms with Crippen LogP contribution in [0.25, 0.3) is 0 Å². The van der Waals surface area contributed by atoms with Crippen molar-refractivity contribution in [3.8, 4) is 0 Å². The van der Waals surface area contributed by atoms with E-state index in [0.717, 1.165) is 17.6 Å². The Bertz CT molecular complexity index is 1150. The van der Waals surface area contributed by atoms with Crippen LogP contribution in [0.4, 0.5) is 18.9 Å². The molecule has 7 nitrogen and oxygen atoms in total. The number of nitrogens with one attached hydrogen (secondary N) is 1. The lowest BCUT2D eigenvalue weighted by atomic mass is 9.81. The van der Waals surface area contributed by atoms with Crippen molar-refractivity contribution in [3.63, 3.8) is 0 Å². The predicted molar refractivity (Wildman–Crippen MR) is 109 cm³/mol. The highest BCUT2D eigenvalue weighted by Crippen LogP contribution is 2.29. The van der Waals surface area contributed by atoms with E-state index in [1.54, 1.807) is 24.5 Å². The Morgan fingerprint density at radius 1 is 1.16 bits per heavy atom. The highest BCUT2D eigenvalue weighted by atomic mass is 19.4. The van der Waals surface area contributed by atoms with Gasteiger partial charge in [-0.2, -0.15) is 13.2 Å². The lowest BCUT2D eigenvalue weighted by Crippen LogP contribution is -2.32. The number of amides is 1. The average Bonchev–Trinajstić information content (AvgIpc) is 3.06. The molecule has 1 amide bonds. The van der Waals surface area contributed by atoms with E-state index in [1.165, 1.54) is 12.1 Å². The molecule has 0 aliphatic heterocycles. The van der Waals surface area contributed by atoms with E-state index >= 15 is 0 Å². The normalized spacial score (nSPS) is 12.1. The van der Waals surface area contributed by atoms with Gasteiger partial charge < -0.3 is 14.5 Å². The van der Waals surface area contributed by atoms with Crippen LogP contribution in [0.1, 0.15) is 35.6 Å². The predicted octanol–water partition coefficient (Wildman–Crippen LogP) is 3.31. The summed E-state index contributed by atoms with van der Waals surface area (Å²) < 4.78 is 40.2. The summed E-state index contributed by atoms with van der Waals surface area (Å²) in [5.41, 5.74) is -0.366. The number of aryl methyl sites for hydroxylation is 1. The van der Waals surface area contributed by atoms with E-state index in [4.69, 9.17) is 0 Å². The molecular weight excluding hydrogens is 411 g/mol. The summed E-state index contributed by atoms with van der Waals surface area (Å²) in [6, 6.07) is 9.53. The van der Waals surface area contributed by atoms with E-state index in [9.17, 15) is 22.8 Å². The zero-order chi connectivity index (χ0) is 22.8. The third-order valence-electron chi connectivity index (χ3n) is 4.92. The molecule has 0 saturated carbocycles. The van der Waals surface area contributed by atoms with Crippen molar-refractivity contribution in [1.82, 2.24) is 19.3 Å². The van der Waals surface area contributed by atoms with Crippen LogP contribution in [0.5, 0.6) is 0 Å². The third kappa shape index (κ3) is 5.39. The Morgan fingerprint density at radius 2 is 1.90 bits per heavy atom. The molecule has 0 bridgehead atoms. The molecule has 0 spiro atoms. The number of aromatic nitrogens is 4. The quantitative estimate of drug-likeness (QED) is 0.647. The van der Waals surface area contributed by atoms with Gasteiger partial charge in [0.25, 0.3) is 11.5 Å². The maximum Gasteiger partial charge on any atom is 0.406 e.